The highest BCUT2D eigenvalue weighted by Gasteiger charge is 2.69. The maximum absolute atomic E-state index is 13.7. The average molecular weight is 519 g/mol. The molecular formula is C31H42N4O3. The minimum absolute atomic E-state index is 0.0198. The summed E-state index contributed by atoms with van der Waals surface area (Å²) in [6, 6.07) is 6.85. The van der Waals surface area contributed by atoms with Gasteiger partial charge in [-0.25, -0.2) is 0 Å². The number of carbonyl (C=O) groups is 3. The highest BCUT2D eigenvalue weighted by Crippen LogP contribution is 2.65. The molecule has 2 N–H and O–H groups in total. The van der Waals surface area contributed by atoms with Crippen molar-refractivity contribution in [2.45, 2.75) is 97.1 Å². The second kappa shape index (κ2) is 10.7. The molecule has 0 spiro atoms. The van der Waals surface area contributed by atoms with Gasteiger partial charge >= 0.3 is 0 Å². The van der Waals surface area contributed by atoms with E-state index in [2.05, 4.69) is 36.6 Å². The Morgan fingerprint density at radius 2 is 1.89 bits per heavy atom. The van der Waals surface area contributed by atoms with Crippen LogP contribution in [0, 0.1) is 47.3 Å². The van der Waals surface area contributed by atoms with Crippen molar-refractivity contribution in [3.05, 3.63) is 29.3 Å². The normalized spacial score (nSPS) is 29.1. The summed E-state index contributed by atoms with van der Waals surface area (Å²) in [5.41, 5.74) is 3.02. The minimum Gasteiger partial charge on any atom is -0.339 e. The molecule has 0 radical (unpaired) electrons. The van der Waals surface area contributed by atoms with Crippen molar-refractivity contribution < 1.29 is 14.4 Å². The first-order chi connectivity index (χ1) is 18.2. The molecule has 3 fully saturated rings. The van der Waals surface area contributed by atoms with E-state index >= 15 is 0 Å². The van der Waals surface area contributed by atoms with Gasteiger partial charge in [0.25, 0.3) is 0 Å². The molecule has 5 atom stereocenters. The standard InChI is InChI=1S/C31H42N4O3/c1-19-11-12-25-21(13-19)15-22(29(37)34-25)16-23(17-32)33-30(38)28-27-24(31(27,2)3)18-35(28)26(36)14-20-9-7-5-4-6-8-10-20/h11-13,20,22-24,27-28H,4-10,14-16,18H2,1-3H3,(H,33,38)(H,34,37). The van der Waals surface area contributed by atoms with Crippen molar-refractivity contribution in [1.29, 1.82) is 5.26 Å². The Morgan fingerprint density at radius 1 is 1.18 bits per heavy atom. The zero-order valence-corrected chi connectivity index (χ0v) is 23.1. The molecule has 1 aromatic rings. The molecule has 7 heteroatoms. The van der Waals surface area contributed by atoms with Crippen LogP contribution in [0.5, 0.6) is 0 Å². The maximum Gasteiger partial charge on any atom is 0.244 e. The summed E-state index contributed by atoms with van der Waals surface area (Å²) in [6.07, 6.45) is 9.66. The summed E-state index contributed by atoms with van der Waals surface area (Å²) >= 11 is 0. The van der Waals surface area contributed by atoms with Gasteiger partial charge < -0.3 is 15.5 Å². The van der Waals surface area contributed by atoms with Gasteiger partial charge in [-0.05, 0) is 67.4 Å². The molecule has 0 aromatic heterocycles. The quantitative estimate of drug-likeness (QED) is 0.568. The van der Waals surface area contributed by atoms with Crippen molar-refractivity contribution in [2.24, 2.45) is 29.1 Å². The number of rotatable bonds is 6. The third-order valence-electron chi connectivity index (χ3n) is 9.83. The minimum atomic E-state index is -0.784. The Labute approximate surface area is 226 Å². The van der Waals surface area contributed by atoms with Gasteiger partial charge in [-0.15, -0.1) is 0 Å². The summed E-state index contributed by atoms with van der Waals surface area (Å²) in [7, 11) is 0. The van der Waals surface area contributed by atoms with Crippen LogP contribution in [0.2, 0.25) is 0 Å². The highest BCUT2D eigenvalue weighted by molar-refractivity contribution is 5.96. The van der Waals surface area contributed by atoms with E-state index in [1.165, 1.54) is 32.1 Å². The Morgan fingerprint density at radius 3 is 2.61 bits per heavy atom. The second-order valence-electron chi connectivity index (χ2n) is 12.8. The summed E-state index contributed by atoms with van der Waals surface area (Å²) in [4.78, 5) is 41.7. The first kappa shape index (κ1) is 26.7. The fourth-order valence-electron chi connectivity index (χ4n) is 7.43. The third kappa shape index (κ3) is 5.32. The number of benzene rings is 1. The molecule has 7 nitrogen and oxygen atoms in total. The topological polar surface area (TPSA) is 102 Å². The van der Waals surface area contributed by atoms with Gasteiger partial charge in [-0.2, -0.15) is 5.26 Å². The lowest BCUT2D eigenvalue weighted by Crippen LogP contribution is -2.52. The maximum atomic E-state index is 13.7. The lowest BCUT2D eigenvalue weighted by molar-refractivity contribution is -0.141. The van der Waals surface area contributed by atoms with E-state index in [9.17, 15) is 19.6 Å². The molecule has 2 saturated carbocycles. The highest BCUT2D eigenvalue weighted by atomic mass is 16.2. The van der Waals surface area contributed by atoms with Crippen molar-refractivity contribution in [3.8, 4) is 6.07 Å². The molecule has 1 aromatic carbocycles. The molecule has 5 unspecified atom stereocenters. The Kier molecular flexibility index (Phi) is 7.53. The van der Waals surface area contributed by atoms with Crippen LogP contribution in [0.1, 0.15) is 82.8 Å². The van der Waals surface area contributed by atoms with Crippen LogP contribution in [-0.2, 0) is 20.8 Å². The zero-order chi connectivity index (χ0) is 27.0. The molecular weight excluding hydrogens is 476 g/mol. The molecule has 2 aliphatic carbocycles. The number of fused-ring (bicyclic) bond motifs is 2. The summed E-state index contributed by atoms with van der Waals surface area (Å²) in [6.45, 7) is 6.99. The van der Waals surface area contributed by atoms with Crippen LogP contribution in [0.15, 0.2) is 18.2 Å². The average Bonchev–Trinajstić information content (AvgIpc) is 3.19. The molecule has 204 valence electrons. The summed E-state index contributed by atoms with van der Waals surface area (Å²) in [5, 5.41) is 15.8. The van der Waals surface area contributed by atoms with E-state index in [0.717, 1.165) is 29.7 Å². The number of aryl methyl sites for hydroxylation is 1. The molecule has 2 aliphatic heterocycles. The van der Waals surface area contributed by atoms with Gasteiger partial charge in [-0.1, -0.05) is 63.6 Å². The predicted octanol–water partition coefficient (Wildman–Crippen LogP) is 4.74. The van der Waals surface area contributed by atoms with Crippen LogP contribution in [0.4, 0.5) is 5.69 Å². The van der Waals surface area contributed by atoms with Gasteiger partial charge in [0.1, 0.15) is 12.1 Å². The number of amides is 3. The van der Waals surface area contributed by atoms with E-state index in [4.69, 9.17) is 0 Å². The largest absolute Gasteiger partial charge is 0.339 e. The molecule has 2 heterocycles. The first-order valence-electron chi connectivity index (χ1n) is 14.6. The number of carbonyl (C=O) groups excluding carboxylic acids is 3. The number of piperidine rings is 1. The summed E-state index contributed by atoms with van der Waals surface area (Å²) in [5.74, 6) is 0.189. The second-order valence-corrected chi connectivity index (χ2v) is 12.8. The van der Waals surface area contributed by atoms with Gasteiger partial charge in [0.15, 0.2) is 0 Å². The Balaban J connectivity index is 1.24. The fourth-order valence-corrected chi connectivity index (χ4v) is 7.43. The number of hydrogen-bond donors (Lipinski definition) is 2. The number of nitrogens with one attached hydrogen (secondary N) is 2. The lowest BCUT2D eigenvalue weighted by Gasteiger charge is -2.32. The van der Waals surface area contributed by atoms with Gasteiger partial charge in [0.2, 0.25) is 17.7 Å². The number of nitriles is 1. The van der Waals surface area contributed by atoms with Crippen LogP contribution in [0.3, 0.4) is 0 Å². The van der Waals surface area contributed by atoms with Crippen LogP contribution in [-0.4, -0.2) is 41.2 Å². The number of likely N-dealkylation sites (tertiary alicyclic amines) is 1. The van der Waals surface area contributed by atoms with Crippen molar-refractivity contribution in [2.75, 3.05) is 11.9 Å². The molecule has 5 rings (SSSR count). The monoisotopic (exact) mass is 518 g/mol. The van der Waals surface area contributed by atoms with Gasteiger partial charge in [-0.3, -0.25) is 14.4 Å². The molecule has 4 aliphatic rings. The fraction of sp³-hybridized carbons (Fsp3) is 0.677. The molecule has 0 bridgehead atoms. The number of anilines is 1. The first-order valence-corrected chi connectivity index (χ1v) is 14.6. The Hall–Kier alpha value is -2.88. The number of nitrogens with zero attached hydrogens (tertiary/aromatic N) is 2. The molecule has 38 heavy (non-hydrogen) atoms. The van der Waals surface area contributed by atoms with E-state index in [1.54, 1.807) is 0 Å². The molecule has 3 amide bonds. The van der Waals surface area contributed by atoms with Crippen LogP contribution < -0.4 is 10.6 Å². The van der Waals surface area contributed by atoms with E-state index in [0.29, 0.717) is 31.2 Å². The van der Waals surface area contributed by atoms with Crippen molar-refractivity contribution >= 4 is 23.4 Å². The van der Waals surface area contributed by atoms with Crippen LogP contribution >= 0.6 is 0 Å². The van der Waals surface area contributed by atoms with E-state index in [1.807, 2.05) is 24.0 Å². The number of hydrogen-bond acceptors (Lipinski definition) is 4. The van der Waals surface area contributed by atoms with E-state index < -0.39 is 12.1 Å². The SMILES string of the molecule is Cc1ccc2c(c1)CC(CC(C#N)NC(=O)C1C3C(CN1C(=O)CC1CCCCCCC1)C3(C)C)C(=O)N2. The van der Waals surface area contributed by atoms with Gasteiger partial charge in [0.05, 0.1) is 6.07 Å². The summed E-state index contributed by atoms with van der Waals surface area (Å²) < 4.78 is 0. The zero-order valence-electron chi connectivity index (χ0n) is 23.1. The van der Waals surface area contributed by atoms with Gasteiger partial charge in [0, 0.05) is 24.6 Å². The van der Waals surface area contributed by atoms with Crippen molar-refractivity contribution in [1.82, 2.24) is 10.2 Å². The smallest absolute Gasteiger partial charge is 0.244 e. The molecule has 1 saturated heterocycles. The van der Waals surface area contributed by atoms with E-state index in [-0.39, 0.29) is 41.4 Å². The van der Waals surface area contributed by atoms with Crippen LogP contribution in [0.25, 0.3) is 0 Å². The lowest BCUT2D eigenvalue weighted by atomic mass is 9.87. The predicted molar refractivity (Wildman–Crippen MR) is 146 cm³/mol. The third-order valence-corrected chi connectivity index (χ3v) is 9.83. The Bertz CT molecular complexity index is 1130. The van der Waals surface area contributed by atoms with Crippen molar-refractivity contribution in [3.63, 3.8) is 0 Å².